The zero-order valence-electron chi connectivity index (χ0n) is 14.9. The molecule has 0 heterocycles. The summed E-state index contributed by atoms with van der Waals surface area (Å²) in [5, 5.41) is 6.06. The molecular formula is C20H24N2O3. The highest BCUT2D eigenvalue weighted by Crippen LogP contribution is 2.14. The Bertz CT molecular complexity index is 739. The summed E-state index contributed by atoms with van der Waals surface area (Å²) in [6.07, 6.45) is 0.354. The van der Waals surface area contributed by atoms with Crippen molar-refractivity contribution in [3.63, 3.8) is 0 Å². The van der Waals surface area contributed by atoms with Crippen LogP contribution in [0.5, 0.6) is 0 Å². The van der Waals surface area contributed by atoms with Gasteiger partial charge in [-0.05, 0) is 68.3 Å². The maximum Gasteiger partial charge on any atom is 0.338 e. The normalized spacial score (nSPS) is 10.2. The maximum absolute atomic E-state index is 12.0. The van der Waals surface area contributed by atoms with Crippen molar-refractivity contribution in [3.05, 3.63) is 59.2 Å². The Morgan fingerprint density at radius 1 is 0.960 bits per heavy atom. The molecule has 2 rings (SSSR count). The van der Waals surface area contributed by atoms with Gasteiger partial charge < -0.3 is 15.4 Å². The molecule has 0 atom stereocenters. The lowest BCUT2D eigenvalue weighted by atomic mass is 10.1. The van der Waals surface area contributed by atoms with Crippen molar-refractivity contribution >= 4 is 23.3 Å². The second-order valence-corrected chi connectivity index (χ2v) is 5.82. The first kappa shape index (κ1) is 18.5. The number of anilines is 2. The van der Waals surface area contributed by atoms with E-state index in [4.69, 9.17) is 4.74 Å². The molecule has 0 bridgehead atoms. The second-order valence-electron chi connectivity index (χ2n) is 5.82. The molecule has 0 fully saturated rings. The molecule has 0 saturated carbocycles. The molecule has 5 nitrogen and oxygen atoms in total. The fourth-order valence-corrected chi connectivity index (χ4v) is 2.30. The zero-order chi connectivity index (χ0) is 18.2. The van der Waals surface area contributed by atoms with Crippen molar-refractivity contribution in [2.75, 3.05) is 23.8 Å². The van der Waals surface area contributed by atoms with E-state index in [-0.39, 0.29) is 11.9 Å². The molecule has 0 aliphatic heterocycles. The van der Waals surface area contributed by atoms with E-state index >= 15 is 0 Å². The smallest absolute Gasteiger partial charge is 0.338 e. The first-order valence-corrected chi connectivity index (χ1v) is 8.37. The highest BCUT2D eigenvalue weighted by Gasteiger charge is 2.07. The van der Waals surface area contributed by atoms with E-state index in [1.54, 1.807) is 31.2 Å². The third-order valence-electron chi connectivity index (χ3n) is 3.87. The number of nitrogens with one attached hydrogen (secondary N) is 2. The number of aryl methyl sites for hydroxylation is 2. The first-order valence-electron chi connectivity index (χ1n) is 8.37. The molecule has 0 saturated heterocycles. The number of benzene rings is 2. The van der Waals surface area contributed by atoms with Crippen molar-refractivity contribution in [2.45, 2.75) is 27.2 Å². The van der Waals surface area contributed by atoms with E-state index in [0.29, 0.717) is 30.8 Å². The molecule has 1 amide bonds. The molecule has 0 radical (unpaired) electrons. The lowest BCUT2D eigenvalue weighted by Gasteiger charge is -2.09. The number of esters is 1. The van der Waals surface area contributed by atoms with Crippen LogP contribution in [0.25, 0.3) is 0 Å². The second kappa shape index (κ2) is 8.87. The number of hydrogen-bond acceptors (Lipinski definition) is 4. The van der Waals surface area contributed by atoms with Gasteiger partial charge in [0.15, 0.2) is 0 Å². The Labute approximate surface area is 148 Å². The molecule has 0 aliphatic carbocycles. The molecule has 0 unspecified atom stereocenters. The van der Waals surface area contributed by atoms with Crippen LogP contribution in [0.1, 0.15) is 34.8 Å². The van der Waals surface area contributed by atoms with Gasteiger partial charge in [-0.25, -0.2) is 4.79 Å². The molecule has 0 aliphatic rings. The first-order chi connectivity index (χ1) is 12.0. The zero-order valence-corrected chi connectivity index (χ0v) is 14.9. The number of ether oxygens (including phenoxy) is 1. The summed E-state index contributed by atoms with van der Waals surface area (Å²) in [4.78, 5) is 23.6. The summed E-state index contributed by atoms with van der Waals surface area (Å²) in [5.74, 6) is -0.446. The molecule has 2 N–H and O–H groups in total. The Balaban J connectivity index is 1.79. The van der Waals surface area contributed by atoms with Gasteiger partial charge in [-0.3, -0.25) is 4.79 Å². The number of amides is 1. The third-order valence-corrected chi connectivity index (χ3v) is 3.87. The summed E-state index contributed by atoms with van der Waals surface area (Å²) in [5.41, 5.74) is 4.60. The van der Waals surface area contributed by atoms with Crippen LogP contribution in [0, 0.1) is 13.8 Å². The minimum Gasteiger partial charge on any atom is -0.462 e. The summed E-state index contributed by atoms with van der Waals surface area (Å²) >= 11 is 0. The van der Waals surface area contributed by atoms with Crippen LogP contribution in [-0.2, 0) is 9.53 Å². The minimum absolute atomic E-state index is 0.0831. The molecule has 132 valence electrons. The van der Waals surface area contributed by atoms with Gasteiger partial charge in [-0.15, -0.1) is 0 Å². The lowest BCUT2D eigenvalue weighted by Crippen LogP contribution is -2.16. The van der Waals surface area contributed by atoms with Gasteiger partial charge in [0.05, 0.1) is 12.2 Å². The minimum atomic E-state index is -0.363. The predicted octanol–water partition coefficient (Wildman–Crippen LogP) is 3.92. The number of carbonyl (C=O) groups excluding carboxylic acids is 2. The molecular weight excluding hydrogens is 316 g/mol. The SMILES string of the molecule is CCOC(=O)c1ccc(NC(=O)CCNc2ccc(C)c(C)c2)cc1. The van der Waals surface area contributed by atoms with Crippen LogP contribution in [-0.4, -0.2) is 25.0 Å². The molecule has 5 heteroatoms. The Morgan fingerprint density at radius 2 is 1.64 bits per heavy atom. The van der Waals surface area contributed by atoms with Gasteiger partial charge in [0.2, 0.25) is 5.91 Å². The van der Waals surface area contributed by atoms with Crippen LogP contribution in [0.4, 0.5) is 11.4 Å². The largest absolute Gasteiger partial charge is 0.462 e. The maximum atomic E-state index is 12.0. The van der Waals surface area contributed by atoms with Crippen molar-refractivity contribution in [3.8, 4) is 0 Å². The molecule has 0 spiro atoms. The average molecular weight is 340 g/mol. The topological polar surface area (TPSA) is 67.4 Å². The molecule has 0 aromatic heterocycles. The van der Waals surface area contributed by atoms with E-state index in [0.717, 1.165) is 5.69 Å². The van der Waals surface area contributed by atoms with E-state index in [1.807, 2.05) is 6.07 Å². The van der Waals surface area contributed by atoms with Gasteiger partial charge in [-0.2, -0.15) is 0 Å². The fourth-order valence-electron chi connectivity index (χ4n) is 2.30. The molecule has 25 heavy (non-hydrogen) atoms. The Hall–Kier alpha value is -2.82. The highest BCUT2D eigenvalue weighted by atomic mass is 16.5. The number of hydrogen-bond donors (Lipinski definition) is 2. The summed E-state index contributed by atoms with van der Waals surface area (Å²) in [7, 11) is 0. The third kappa shape index (κ3) is 5.64. The van der Waals surface area contributed by atoms with Crippen molar-refractivity contribution in [2.24, 2.45) is 0 Å². The lowest BCUT2D eigenvalue weighted by molar-refractivity contribution is -0.115. The van der Waals surface area contributed by atoms with Gasteiger partial charge in [-0.1, -0.05) is 6.07 Å². The van der Waals surface area contributed by atoms with Crippen molar-refractivity contribution in [1.82, 2.24) is 0 Å². The quantitative estimate of drug-likeness (QED) is 0.750. The average Bonchev–Trinajstić information content (AvgIpc) is 2.59. The highest BCUT2D eigenvalue weighted by molar-refractivity contribution is 5.93. The van der Waals surface area contributed by atoms with Crippen LogP contribution in [0.15, 0.2) is 42.5 Å². The van der Waals surface area contributed by atoms with E-state index in [9.17, 15) is 9.59 Å². The standard InChI is InChI=1S/C20H24N2O3/c1-4-25-20(24)16-6-9-17(10-7-16)22-19(23)11-12-21-18-8-5-14(2)15(3)13-18/h5-10,13,21H,4,11-12H2,1-3H3,(H,22,23). The van der Waals surface area contributed by atoms with Crippen LogP contribution in [0.3, 0.4) is 0 Å². The summed E-state index contributed by atoms with van der Waals surface area (Å²) in [6, 6.07) is 12.8. The monoisotopic (exact) mass is 340 g/mol. The van der Waals surface area contributed by atoms with E-state index in [2.05, 4.69) is 36.6 Å². The van der Waals surface area contributed by atoms with Crippen LogP contribution >= 0.6 is 0 Å². The summed E-state index contributed by atoms with van der Waals surface area (Å²) in [6.45, 7) is 6.78. The van der Waals surface area contributed by atoms with Crippen LogP contribution < -0.4 is 10.6 Å². The molecule has 2 aromatic rings. The molecule has 2 aromatic carbocycles. The van der Waals surface area contributed by atoms with Gasteiger partial charge in [0.25, 0.3) is 0 Å². The predicted molar refractivity (Wildman–Crippen MR) is 100 cm³/mol. The Kier molecular flexibility index (Phi) is 6.57. The van der Waals surface area contributed by atoms with Crippen molar-refractivity contribution in [1.29, 1.82) is 0 Å². The number of rotatable bonds is 7. The fraction of sp³-hybridized carbons (Fsp3) is 0.300. The number of carbonyl (C=O) groups is 2. The Morgan fingerprint density at radius 3 is 2.28 bits per heavy atom. The summed E-state index contributed by atoms with van der Waals surface area (Å²) < 4.78 is 4.93. The van der Waals surface area contributed by atoms with Crippen LogP contribution in [0.2, 0.25) is 0 Å². The van der Waals surface area contributed by atoms with Gasteiger partial charge in [0.1, 0.15) is 0 Å². The van der Waals surface area contributed by atoms with Crippen molar-refractivity contribution < 1.29 is 14.3 Å². The van der Waals surface area contributed by atoms with E-state index in [1.165, 1.54) is 11.1 Å². The van der Waals surface area contributed by atoms with Gasteiger partial charge in [0, 0.05) is 24.3 Å². The van der Waals surface area contributed by atoms with E-state index < -0.39 is 0 Å². The van der Waals surface area contributed by atoms with Gasteiger partial charge >= 0.3 is 5.97 Å².